The molecule has 0 unspecified atom stereocenters. The van der Waals surface area contributed by atoms with E-state index in [1.807, 2.05) is 46.2 Å². The summed E-state index contributed by atoms with van der Waals surface area (Å²) in [6, 6.07) is 11.4. The van der Waals surface area contributed by atoms with Crippen molar-refractivity contribution in [3.8, 4) is 11.3 Å². The van der Waals surface area contributed by atoms with E-state index in [1.54, 1.807) is 30.9 Å². The van der Waals surface area contributed by atoms with E-state index in [9.17, 15) is 4.79 Å². The molecule has 0 aliphatic rings. The van der Waals surface area contributed by atoms with Crippen molar-refractivity contribution in [2.45, 2.75) is 0 Å². The van der Waals surface area contributed by atoms with E-state index >= 15 is 0 Å². The minimum atomic E-state index is -0.230. The van der Waals surface area contributed by atoms with Crippen LogP contribution in [0, 0.1) is 0 Å². The van der Waals surface area contributed by atoms with Gasteiger partial charge in [-0.05, 0) is 36.7 Å². The molecule has 158 valence electrons. The summed E-state index contributed by atoms with van der Waals surface area (Å²) < 4.78 is 4.02. The Bertz CT molecular complexity index is 1220. The molecule has 0 spiro atoms. The molecule has 1 amide bonds. The Hall–Kier alpha value is -3.05. The number of nitrogens with one attached hydrogen (secondary N) is 2. The van der Waals surface area contributed by atoms with E-state index < -0.39 is 0 Å². The smallest absolute Gasteiger partial charge is 0.257 e. The van der Waals surface area contributed by atoms with Gasteiger partial charge in [-0.3, -0.25) is 4.79 Å². The summed E-state index contributed by atoms with van der Waals surface area (Å²) in [5.74, 6) is 0.932. The summed E-state index contributed by atoms with van der Waals surface area (Å²) in [4.78, 5) is 25.6. The Labute approximate surface area is 194 Å². The predicted octanol–water partition coefficient (Wildman–Crippen LogP) is 3.98. The van der Waals surface area contributed by atoms with Crippen LogP contribution in [0.5, 0.6) is 0 Å². The number of anilines is 2. The third kappa shape index (κ3) is 5.17. The molecule has 3 aromatic heterocycles. The number of likely N-dealkylation sites (N-methyl/N-ethyl adjacent to an activating group) is 1. The maximum atomic E-state index is 12.8. The summed E-state index contributed by atoms with van der Waals surface area (Å²) >= 11 is 2.22. The molecule has 0 aliphatic heterocycles. The van der Waals surface area contributed by atoms with Crippen LogP contribution in [-0.2, 0) is 7.05 Å². The van der Waals surface area contributed by atoms with Gasteiger partial charge in [0.05, 0.1) is 18.2 Å². The molecule has 0 radical (unpaired) electrons. The number of hydrogen-bond donors (Lipinski definition) is 2. The van der Waals surface area contributed by atoms with Gasteiger partial charge in [-0.1, -0.05) is 12.1 Å². The first-order chi connectivity index (χ1) is 15.0. The molecule has 4 aromatic rings. The van der Waals surface area contributed by atoms with Crippen molar-refractivity contribution in [1.29, 1.82) is 0 Å². The fourth-order valence-electron chi connectivity index (χ4n) is 3.20. The SMILES string of the molecule is CN(I)CCNc1cc(C(=O)Nc2cc3cc(-c4cncn4C)ccc3cn2)ccn1. The van der Waals surface area contributed by atoms with Crippen LogP contribution < -0.4 is 10.6 Å². The number of carbonyl (C=O) groups excluding carboxylic acids is 1. The van der Waals surface area contributed by atoms with Crippen molar-refractivity contribution < 1.29 is 4.79 Å². The van der Waals surface area contributed by atoms with Crippen molar-refractivity contribution in [2.75, 3.05) is 30.8 Å². The molecule has 0 saturated carbocycles. The summed E-state index contributed by atoms with van der Waals surface area (Å²) in [5.41, 5.74) is 2.60. The van der Waals surface area contributed by atoms with E-state index in [4.69, 9.17) is 0 Å². The number of fused-ring (bicyclic) bond motifs is 1. The van der Waals surface area contributed by atoms with Crippen LogP contribution in [0.3, 0.4) is 0 Å². The van der Waals surface area contributed by atoms with Crippen LogP contribution in [0.4, 0.5) is 11.6 Å². The molecule has 0 saturated heterocycles. The van der Waals surface area contributed by atoms with Gasteiger partial charge in [0.15, 0.2) is 0 Å². The second kappa shape index (κ2) is 9.40. The highest BCUT2D eigenvalue weighted by atomic mass is 127. The van der Waals surface area contributed by atoms with Gasteiger partial charge >= 0.3 is 0 Å². The average Bonchev–Trinajstić information content (AvgIpc) is 3.19. The number of halogens is 1. The lowest BCUT2D eigenvalue weighted by Gasteiger charge is -2.10. The lowest BCUT2D eigenvalue weighted by atomic mass is 10.1. The van der Waals surface area contributed by atoms with Crippen LogP contribution in [0.1, 0.15) is 10.4 Å². The highest BCUT2D eigenvalue weighted by Gasteiger charge is 2.10. The molecular formula is C22H22IN7O. The number of amides is 1. The second-order valence-electron chi connectivity index (χ2n) is 7.16. The fraction of sp³-hybridized carbons (Fsp3) is 0.182. The molecule has 3 heterocycles. The van der Waals surface area contributed by atoms with Gasteiger partial charge in [0.25, 0.3) is 5.91 Å². The summed E-state index contributed by atoms with van der Waals surface area (Å²) in [5, 5.41) is 8.10. The molecule has 9 heteroatoms. The maximum absolute atomic E-state index is 12.8. The normalized spacial score (nSPS) is 11.1. The minimum Gasteiger partial charge on any atom is -0.369 e. The first-order valence-corrected chi connectivity index (χ1v) is 10.7. The Morgan fingerprint density at radius 2 is 1.97 bits per heavy atom. The van der Waals surface area contributed by atoms with Crippen molar-refractivity contribution in [2.24, 2.45) is 7.05 Å². The van der Waals surface area contributed by atoms with Crippen molar-refractivity contribution in [1.82, 2.24) is 22.6 Å². The highest BCUT2D eigenvalue weighted by Crippen LogP contribution is 2.25. The van der Waals surface area contributed by atoms with Crippen molar-refractivity contribution in [3.63, 3.8) is 0 Å². The van der Waals surface area contributed by atoms with E-state index in [2.05, 4.69) is 54.5 Å². The third-order valence-corrected chi connectivity index (χ3v) is 5.31. The van der Waals surface area contributed by atoms with Gasteiger partial charge in [-0.25, -0.2) is 18.1 Å². The van der Waals surface area contributed by atoms with Crippen LogP contribution in [0.2, 0.25) is 0 Å². The number of aryl methyl sites for hydroxylation is 1. The summed E-state index contributed by atoms with van der Waals surface area (Å²) in [6.45, 7) is 1.60. The molecule has 0 bridgehead atoms. The molecule has 4 rings (SSSR count). The number of pyridine rings is 2. The van der Waals surface area contributed by atoms with Crippen molar-refractivity contribution >= 4 is 51.2 Å². The van der Waals surface area contributed by atoms with Gasteiger partial charge < -0.3 is 15.2 Å². The van der Waals surface area contributed by atoms with Crippen LogP contribution in [0.25, 0.3) is 22.0 Å². The van der Waals surface area contributed by atoms with Crippen LogP contribution >= 0.6 is 22.9 Å². The number of benzene rings is 1. The molecule has 0 aliphatic carbocycles. The highest BCUT2D eigenvalue weighted by molar-refractivity contribution is 14.1. The average molecular weight is 527 g/mol. The standard InChI is InChI=1S/C22H22IN7O/c1-29-14-24-13-19(29)15-3-4-17-12-27-21(11-18(17)9-15)28-22(31)16-5-6-25-20(10-16)26-7-8-30(2)23/h3-6,9-14H,7-8H2,1-2H3,(H,25,26)(H,27,28,31). The largest absolute Gasteiger partial charge is 0.369 e. The summed E-state index contributed by atoms with van der Waals surface area (Å²) in [7, 11) is 3.96. The Kier molecular flexibility index (Phi) is 6.42. The van der Waals surface area contributed by atoms with E-state index in [1.165, 1.54) is 0 Å². The van der Waals surface area contributed by atoms with Crippen LogP contribution in [0.15, 0.2) is 61.3 Å². The third-order valence-electron chi connectivity index (χ3n) is 4.82. The summed E-state index contributed by atoms with van der Waals surface area (Å²) in [6.07, 6.45) is 6.99. The van der Waals surface area contributed by atoms with Gasteiger partial charge in [-0.2, -0.15) is 0 Å². The fourth-order valence-corrected chi connectivity index (χ4v) is 3.44. The molecule has 0 atom stereocenters. The topological polar surface area (TPSA) is 88.0 Å². The predicted molar refractivity (Wildman–Crippen MR) is 131 cm³/mol. The van der Waals surface area contributed by atoms with Crippen molar-refractivity contribution in [3.05, 3.63) is 66.9 Å². The molecule has 31 heavy (non-hydrogen) atoms. The van der Waals surface area contributed by atoms with Gasteiger partial charge in [0.2, 0.25) is 0 Å². The number of carbonyl (C=O) groups is 1. The van der Waals surface area contributed by atoms with Crippen LogP contribution in [-0.4, -0.2) is 48.7 Å². The number of nitrogens with zero attached hydrogens (tertiary/aromatic N) is 5. The Morgan fingerprint density at radius 3 is 2.74 bits per heavy atom. The Morgan fingerprint density at radius 1 is 1.10 bits per heavy atom. The van der Waals surface area contributed by atoms with E-state index in [0.29, 0.717) is 17.2 Å². The minimum absolute atomic E-state index is 0.230. The van der Waals surface area contributed by atoms with E-state index in [-0.39, 0.29) is 5.91 Å². The van der Waals surface area contributed by atoms with Gasteiger partial charge in [0, 0.05) is 71.9 Å². The Balaban J connectivity index is 1.51. The second-order valence-corrected chi connectivity index (χ2v) is 8.81. The number of imidazole rings is 1. The molecule has 2 N–H and O–H groups in total. The maximum Gasteiger partial charge on any atom is 0.257 e. The molecule has 1 aromatic carbocycles. The number of aromatic nitrogens is 4. The first kappa shape index (κ1) is 21.2. The lowest BCUT2D eigenvalue weighted by molar-refractivity contribution is 0.102. The zero-order chi connectivity index (χ0) is 21.8. The van der Waals surface area contributed by atoms with Gasteiger partial charge in [0.1, 0.15) is 11.6 Å². The lowest BCUT2D eigenvalue weighted by Crippen LogP contribution is -2.17. The number of hydrogen-bond acceptors (Lipinski definition) is 6. The number of rotatable bonds is 7. The quantitative estimate of drug-likeness (QED) is 0.280. The molecular weight excluding hydrogens is 505 g/mol. The molecule has 8 nitrogen and oxygen atoms in total. The zero-order valence-corrected chi connectivity index (χ0v) is 19.4. The first-order valence-electron chi connectivity index (χ1n) is 9.74. The monoisotopic (exact) mass is 527 g/mol. The van der Waals surface area contributed by atoms with E-state index in [0.717, 1.165) is 35.1 Å². The molecule has 0 fully saturated rings. The van der Waals surface area contributed by atoms with Gasteiger partial charge in [-0.15, -0.1) is 0 Å². The zero-order valence-electron chi connectivity index (χ0n) is 17.2.